The van der Waals surface area contributed by atoms with Gasteiger partial charge in [-0.1, -0.05) is 19.9 Å². The van der Waals surface area contributed by atoms with Crippen molar-refractivity contribution >= 4 is 29.2 Å². The van der Waals surface area contributed by atoms with Crippen LogP contribution in [0.2, 0.25) is 0 Å². The quantitative estimate of drug-likeness (QED) is 0.814. The van der Waals surface area contributed by atoms with Crippen LogP contribution in [-0.4, -0.2) is 30.0 Å². The molecule has 3 N–H and O–H groups in total. The molecule has 2 aromatic rings. The van der Waals surface area contributed by atoms with Gasteiger partial charge in [0, 0.05) is 47.7 Å². The van der Waals surface area contributed by atoms with Gasteiger partial charge in [-0.25, -0.2) is 0 Å². The Hall–Kier alpha value is -1.52. The Bertz CT molecular complexity index is 621. The van der Waals surface area contributed by atoms with Crippen LogP contribution in [0, 0.1) is 0 Å². The molecule has 1 atom stereocenters. The third-order valence-electron chi connectivity index (χ3n) is 3.70. The molecule has 1 amide bonds. The standard InChI is InChI=1S/C15H19N3O.ClH/c1-9(2)16-6-10-7-18-15(19)11-4-3-5-13-14(11)12(10)8-17-13;/h3-5,8-10,16-17H,6-7H2,1-2H3,(H,18,19);1H. The number of hydrogen-bond acceptors (Lipinski definition) is 2. The van der Waals surface area contributed by atoms with Crippen LogP contribution in [0.25, 0.3) is 10.9 Å². The minimum Gasteiger partial charge on any atom is -0.361 e. The first-order valence-corrected chi connectivity index (χ1v) is 6.78. The molecule has 0 saturated carbocycles. The molecule has 0 spiro atoms. The molecule has 0 aliphatic carbocycles. The van der Waals surface area contributed by atoms with Crippen molar-refractivity contribution in [3.8, 4) is 0 Å². The molecule has 1 aromatic heterocycles. The molecule has 1 aromatic carbocycles. The molecular weight excluding hydrogens is 274 g/mol. The number of aromatic amines is 1. The molecule has 1 aliphatic rings. The second-order valence-corrected chi connectivity index (χ2v) is 5.44. The fourth-order valence-electron chi connectivity index (χ4n) is 2.70. The van der Waals surface area contributed by atoms with Crippen LogP contribution in [-0.2, 0) is 0 Å². The normalized spacial score (nSPS) is 17.8. The van der Waals surface area contributed by atoms with Crippen LogP contribution in [0.5, 0.6) is 0 Å². The van der Waals surface area contributed by atoms with Gasteiger partial charge >= 0.3 is 0 Å². The molecule has 2 heterocycles. The number of rotatable bonds is 3. The Morgan fingerprint density at radius 2 is 2.20 bits per heavy atom. The largest absolute Gasteiger partial charge is 0.361 e. The highest BCUT2D eigenvalue weighted by Gasteiger charge is 2.24. The van der Waals surface area contributed by atoms with E-state index in [0.717, 1.165) is 23.0 Å². The Balaban J connectivity index is 0.00000147. The molecule has 0 bridgehead atoms. The molecule has 20 heavy (non-hydrogen) atoms. The summed E-state index contributed by atoms with van der Waals surface area (Å²) in [6.07, 6.45) is 2.04. The maximum Gasteiger partial charge on any atom is 0.251 e. The lowest BCUT2D eigenvalue weighted by Gasteiger charge is -2.17. The topological polar surface area (TPSA) is 56.9 Å². The van der Waals surface area contributed by atoms with Gasteiger partial charge in [-0.2, -0.15) is 0 Å². The number of carbonyl (C=O) groups is 1. The third-order valence-corrected chi connectivity index (χ3v) is 3.70. The van der Waals surface area contributed by atoms with Gasteiger partial charge in [-0.05, 0) is 17.7 Å². The summed E-state index contributed by atoms with van der Waals surface area (Å²) in [6.45, 7) is 5.82. The van der Waals surface area contributed by atoms with E-state index in [1.807, 2.05) is 24.4 Å². The zero-order valence-electron chi connectivity index (χ0n) is 11.7. The highest BCUT2D eigenvalue weighted by Crippen LogP contribution is 2.30. The molecule has 5 heteroatoms. The molecule has 3 rings (SSSR count). The molecule has 4 nitrogen and oxygen atoms in total. The van der Waals surface area contributed by atoms with Crippen molar-refractivity contribution in [2.75, 3.05) is 13.1 Å². The average Bonchev–Trinajstić information content (AvgIpc) is 2.76. The Morgan fingerprint density at radius 1 is 1.40 bits per heavy atom. The van der Waals surface area contributed by atoms with Gasteiger partial charge in [-0.15, -0.1) is 12.4 Å². The summed E-state index contributed by atoms with van der Waals surface area (Å²) < 4.78 is 0. The summed E-state index contributed by atoms with van der Waals surface area (Å²) in [4.78, 5) is 15.4. The third kappa shape index (κ3) is 2.53. The van der Waals surface area contributed by atoms with Crippen molar-refractivity contribution in [3.63, 3.8) is 0 Å². The molecule has 108 valence electrons. The maximum atomic E-state index is 12.1. The van der Waals surface area contributed by atoms with Gasteiger partial charge in [-0.3, -0.25) is 4.79 Å². The van der Waals surface area contributed by atoms with E-state index in [1.54, 1.807) is 0 Å². The number of benzene rings is 1. The van der Waals surface area contributed by atoms with E-state index < -0.39 is 0 Å². The zero-order valence-corrected chi connectivity index (χ0v) is 12.5. The average molecular weight is 294 g/mol. The van der Waals surface area contributed by atoms with E-state index in [4.69, 9.17) is 0 Å². The Labute approximate surface area is 124 Å². The fraction of sp³-hybridized carbons (Fsp3) is 0.400. The Kier molecular flexibility index (Phi) is 4.35. The molecule has 0 radical (unpaired) electrons. The lowest BCUT2D eigenvalue weighted by molar-refractivity contribution is 0.0954. The number of nitrogens with one attached hydrogen (secondary N) is 3. The smallest absolute Gasteiger partial charge is 0.251 e. The van der Waals surface area contributed by atoms with Crippen molar-refractivity contribution in [1.82, 2.24) is 15.6 Å². The molecule has 0 saturated heterocycles. The SMILES string of the molecule is CC(C)NCC1CNC(=O)c2cccc3[nH]cc1c23.Cl. The van der Waals surface area contributed by atoms with E-state index in [-0.39, 0.29) is 18.3 Å². The molecule has 1 unspecified atom stereocenters. The highest BCUT2D eigenvalue weighted by atomic mass is 35.5. The minimum atomic E-state index is 0. The number of amides is 1. The molecule has 0 fully saturated rings. The first-order chi connectivity index (χ1) is 9.16. The summed E-state index contributed by atoms with van der Waals surface area (Å²) in [5, 5.41) is 7.55. The predicted molar refractivity (Wildman–Crippen MR) is 83.8 cm³/mol. The van der Waals surface area contributed by atoms with Gasteiger partial charge < -0.3 is 15.6 Å². The van der Waals surface area contributed by atoms with Crippen LogP contribution in [0.3, 0.4) is 0 Å². The second kappa shape index (κ2) is 5.85. The number of aromatic nitrogens is 1. The predicted octanol–water partition coefficient (Wildman–Crippen LogP) is 2.41. The van der Waals surface area contributed by atoms with Crippen molar-refractivity contribution < 1.29 is 4.79 Å². The number of H-pyrrole nitrogens is 1. The van der Waals surface area contributed by atoms with E-state index >= 15 is 0 Å². The zero-order chi connectivity index (χ0) is 13.4. The minimum absolute atomic E-state index is 0. The van der Waals surface area contributed by atoms with E-state index in [1.165, 1.54) is 5.56 Å². The molecular formula is C15H20ClN3O. The lowest BCUT2D eigenvalue weighted by Crippen LogP contribution is -2.33. The van der Waals surface area contributed by atoms with Gasteiger partial charge in [0.15, 0.2) is 0 Å². The first kappa shape index (κ1) is 14.9. The van der Waals surface area contributed by atoms with Crippen molar-refractivity contribution in [1.29, 1.82) is 0 Å². The monoisotopic (exact) mass is 293 g/mol. The van der Waals surface area contributed by atoms with Crippen LogP contribution in [0.1, 0.15) is 35.7 Å². The highest BCUT2D eigenvalue weighted by molar-refractivity contribution is 6.08. The second-order valence-electron chi connectivity index (χ2n) is 5.44. The fourth-order valence-corrected chi connectivity index (χ4v) is 2.70. The lowest BCUT2D eigenvalue weighted by atomic mass is 9.97. The Morgan fingerprint density at radius 3 is 2.95 bits per heavy atom. The molecule has 1 aliphatic heterocycles. The van der Waals surface area contributed by atoms with Gasteiger partial charge in [0.2, 0.25) is 0 Å². The van der Waals surface area contributed by atoms with E-state index in [2.05, 4.69) is 29.5 Å². The maximum absolute atomic E-state index is 12.1. The van der Waals surface area contributed by atoms with Crippen molar-refractivity contribution in [2.45, 2.75) is 25.8 Å². The van der Waals surface area contributed by atoms with Gasteiger partial charge in [0.25, 0.3) is 5.91 Å². The summed E-state index contributed by atoms with van der Waals surface area (Å²) in [5.74, 6) is 0.335. The summed E-state index contributed by atoms with van der Waals surface area (Å²) in [5.41, 5.74) is 3.05. The van der Waals surface area contributed by atoms with Crippen LogP contribution in [0.4, 0.5) is 0 Å². The van der Waals surface area contributed by atoms with Crippen molar-refractivity contribution in [3.05, 3.63) is 35.5 Å². The summed E-state index contributed by atoms with van der Waals surface area (Å²) in [7, 11) is 0. The first-order valence-electron chi connectivity index (χ1n) is 6.78. The van der Waals surface area contributed by atoms with E-state index in [0.29, 0.717) is 18.5 Å². The summed E-state index contributed by atoms with van der Waals surface area (Å²) >= 11 is 0. The summed E-state index contributed by atoms with van der Waals surface area (Å²) in [6, 6.07) is 6.29. The van der Waals surface area contributed by atoms with Crippen LogP contribution >= 0.6 is 12.4 Å². The van der Waals surface area contributed by atoms with Crippen LogP contribution < -0.4 is 10.6 Å². The van der Waals surface area contributed by atoms with Gasteiger partial charge in [0.05, 0.1) is 0 Å². The van der Waals surface area contributed by atoms with E-state index in [9.17, 15) is 4.79 Å². The van der Waals surface area contributed by atoms with Gasteiger partial charge in [0.1, 0.15) is 0 Å². The number of carbonyl (C=O) groups excluding carboxylic acids is 1. The van der Waals surface area contributed by atoms with Crippen molar-refractivity contribution in [2.24, 2.45) is 0 Å². The van der Waals surface area contributed by atoms with Crippen LogP contribution in [0.15, 0.2) is 24.4 Å². The number of halogens is 1. The number of hydrogen-bond donors (Lipinski definition) is 3.